The minimum Gasteiger partial charge on any atom is -0.398 e. The van der Waals surface area contributed by atoms with E-state index in [1.165, 1.54) is 0 Å². The summed E-state index contributed by atoms with van der Waals surface area (Å²) < 4.78 is 0. The highest BCUT2D eigenvalue weighted by Crippen LogP contribution is 2.20. The number of anilines is 2. The Kier molecular flexibility index (Phi) is 3.71. The fourth-order valence-electron chi connectivity index (χ4n) is 1.61. The number of hydrogen-bond donors (Lipinski definition) is 2. The summed E-state index contributed by atoms with van der Waals surface area (Å²) in [6.07, 6.45) is 0. The maximum Gasteiger partial charge on any atom is 0.101 e. The minimum absolute atomic E-state index is 0.474. The van der Waals surface area contributed by atoms with Gasteiger partial charge >= 0.3 is 0 Å². The molecule has 3 nitrogen and oxygen atoms in total. The molecule has 0 radical (unpaired) electrons. The quantitative estimate of drug-likeness (QED) is 0.829. The second-order valence-electron chi connectivity index (χ2n) is 3.86. The fourth-order valence-corrected chi connectivity index (χ4v) is 1.82. The van der Waals surface area contributed by atoms with Gasteiger partial charge in [-0.25, -0.2) is 0 Å². The van der Waals surface area contributed by atoms with Crippen LogP contribution in [0.25, 0.3) is 0 Å². The topological polar surface area (TPSA) is 61.8 Å². The van der Waals surface area contributed by atoms with E-state index in [-0.39, 0.29) is 0 Å². The Morgan fingerprint density at radius 2 is 2.00 bits per heavy atom. The summed E-state index contributed by atoms with van der Waals surface area (Å²) in [5.41, 5.74) is 8.58. The first kappa shape index (κ1) is 12.3. The minimum atomic E-state index is 0.474. The molecule has 0 amide bonds. The largest absolute Gasteiger partial charge is 0.398 e. The van der Waals surface area contributed by atoms with Crippen LogP contribution in [-0.4, -0.2) is 0 Å². The first-order chi connectivity index (χ1) is 8.70. The van der Waals surface area contributed by atoms with Gasteiger partial charge in [0.2, 0.25) is 0 Å². The van der Waals surface area contributed by atoms with Crippen molar-refractivity contribution in [3.63, 3.8) is 0 Å². The highest BCUT2D eigenvalue weighted by Gasteiger charge is 2.01. The van der Waals surface area contributed by atoms with E-state index in [0.717, 1.165) is 16.3 Å². The first-order valence-corrected chi connectivity index (χ1v) is 5.85. The molecule has 0 heterocycles. The third-order valence-corrected chi connectivity index (χ3v) is 2.98. The lowest BCUT2D eigenvalue weighted by molar-refractivity contribution is 1.15. The van der Waals surface area contributed by atoms with E-state index in [2.05, 4.69) is 5.32 Å². The van der Waals surface area contributed by atoms with Crippen molar-refractivity contribution < 1.29 is 0 Å². The summed E-state index contributed by atoms with van der Waals surface area (Å²) in [5, 5.41) is 12.7. The van der Waals surface area contributed by atoms with Crippen LogP contribution >= 0.6 is 11.6 Å². The fraction of sp³-hybridized carbons (Fsp3) is 0.0714. The van der Waals surface area contributed by atoms with Crippen LogP contribution in [0.2, 0.25) is 5.02 Å². The van der Waals surface area contributed by atoms with Gasteiger partial charge in [-0.2, -0.15) is 5.26 Å². The molecule has 18 heavy (non-hydrogen) atoms. The Hall–Kier alpha value is -2.18. The molecule has 4 heteroatoms. The average molecular weight is 258 g/mol. The molecule has 0 atom stereocenters. The Bertz CT molecular complexity index is 602. The zero-order valence-electron chi connectivity index (χ0n) is 9.65. The van der Waals surface area contributed by atoms with Gasteiger partial charge in [-0.05, 0) is 29.8 Å². The number of nitrogen functional groups attached to an aromatic ring is 1. The van der Waals surface area contributed by atoms with Crippen molar-refractivity contribution in [1.82, 2.24) is 0 Å². The Morgan fingerprint density at radius 1 is 1.22 bits per heavy atom. The predicted molar refractivity (Wildman–Crippen MR) is 74.3 cm³/mol. The van der Waals surface area contributed by atoms with E-state index in [0.29, 0.717) is 17.8 Å². The highest BCUT2D eigenvalue weighted by molar-refractivity contribution is 6.31. The molecule has 0 spiro atoms. The molecule has 0 saturated heterocycles. The second kappa shape index (κ2) is 5.44. The molecule has 0 saturated carbocycles. The Labute approximate surface area is 111 Å². The van der Waals surface area contributed by atoms with Crippen LogP contribution in [0.3, 0.4) is 0 Å². The third-order valence-electron chi connectivity index (χ3n) is 2.61. The molecule has 2 aromatic carbocycles. The van der Waals surface area contributed by atoms with E-state index in [1.807, 2.05) is 36.4 Å². The SMILES string of the molecule is N#Cc1ccc(NCc2ccccc2Cl)cc1N. The van der Waals surface area contributed by atoms with Crippen molar-refractivity contribution >= 4 is 23.0 Å². The zero-order chi connectivity index (χ0) is 13.0. The normalized spacial score (nSPS) is 9.78. The lowest BCUT2D eigenvalue weighted by Crippen LogP contribution is -2.01. The summed E-state index contributed by atoms with van der Waals surface area (Å²) in [6, 6.07) is 14.9. The molecule has 0 aliphatic rings. The van der Waals surface area contributed by atoms with Crippen molar-refractivity contribution in [2.45, 2.75) is 6.54 Å². The van der Waals surface area contributed by atoms with Gasteiger partial charge in [-0.1, -0.05) is 29.8 Å². The summed E-state index contributed by atoms with van der Waals surface area (Å²) in [7, 11) is 0. The van der Waals surface area contributed by atoms with E-state index in [9.17, 15) is 0 Å². The van der Waals surface area contributed by atoms with E-state index in [1.54, 1.807) is 12.1 Å². The third kappa shape index (κ3) is 2.73. The molecule has 0 unspecified atom stereocenters. The predicted octanol–water partition coefficient (Wildman–Crippen LogP) is 3.41. The van der Waals surface area contributed by atoms with Crippen molar-refractivity contribution in [3.05, 3.63) is 58.6 Å². The molecule has 0 aliphatic heterocycles. The van der Waals surface area contributed by atoms with Gasteiger partial charge in [0.1, 0.15) is 6.07 Å². The van der Waals surface area contributed by atoms with E-state index in [4.69, 9.17) is 22.6 Å². The number of halogens is 1. The summed E-state index contributed by atoms with van der Waals surface area (Å²) in [6.45, 7) is 0.616. The van der Waals surface area contributed by atoms with Gasteiger partial charge in [-0.15, -0.1) is 0 Å². The van der Waals surface area contributed by atoms with Gasteiger partial charge in [0.05, 0.1) is 11.3 Å². The highest BCUT2D eigenvalue weighted by atomic mass is 35.5. The molecular weight excluding hydrogens is 246 g/mol. The molecule has 0 aromatic heterocycles. The lowest BCUT2D eigenvalue weighted by atomic mass is 10.1. The summed E-state index contributed by atoms with van der Waals surface area (Å²) in [4.78, 5) is 0. The van der Waals surface area contributed by atoms with Crippen molar-refractivity contribution in [1.29, 1.82) is 5.26 Å². The van der Waals surface area contributed by atoms with Crippen LogP contribution in [-0.2, 0) is 6.54 Å². The first-order valence-electron chi connectivity index (χ1n) is 5.47. The number of rotatable bonds is 3. The monoisotopic (exact) mass is 257 g/mol. The zero-order valence-corrected chi connectivity index (χ0v) is 10.4. The molecule has 0 bridgehead atoms. The number of nitrogens with two attached hydrogens (primary N) is 1. The van der Waals surface area contributed by atoms with Gasteiger partial charge in [-0.3, -0.25) is 0 Å². The molecule has 0 aliphatic carbocycles. The molecular formula is C14H12ClN3. The molecule has 2 aromatic rings. The summed E-state index contributed by atoms with van der Waals surface area (Å²) in [5.74, 6) is 0. The molecule has 0 fully saturated rings. The molecule has 90 valence electrons. The van der Waals surface area contributed by atoms with E-state index >= 15 is 0 Å². The van der Waals surface area contributed by atoms with Crippen molar-refractivity contribution in [2.75, 3.05) is 11.1 Å². The Morgan fingerprint density at radius 3 is 2.67 bits per heavy atom. The number of nitriles is 1. The summed E-state index contributed by atoms with van der Waals surface area (Å²) >= 11 is 6.06. The average Bonchev–Trinajstić information content (AvgIpc) is 2.38. The van der Waals surface area contributed by atoms with Crippen LogP contribution in [0, 0.1) is 11.3 Å². The van der Waals surface area contributed by atoms with Crippen LogP contribution in [0.4, 0.5) is 11.4 Å². The Balaban J connectivity index is 2.10. The van der Waals surface area contributed by atoms with Crippen molar-refractivity contribution in [2.24, 2.45) is 0 Å². The van der Waals surface area contributed by atoms with Gasteiger partial charge < -0.3 is 11.1 Å². The number of hydrogen-bond acceptors (Lipinski definition) is 3. The smallest absolute Gasteiger partial charge is 0.101 e. The van der Waals surface area contributed by atoms with Gasteiger partial charge in [0.15, 0.2) is 0 Å². The van der Waals surface area contributed by atoms with Crippen LogP contribution in [0.1, 0.15) is 11.1 Å². The van der Waals surface area contributed by atoms with Crippen molar-refractivity contribution in [3.8, 4) is 6.07 Å². The molecule has 2 rings (SSSR count). The van der Waals surface area contributed by atoms with Gasteiger partial charge in [0.25, 0.3) is 0 Å². The maximum absolute atomic E-state index is 8.79. The lowest BCUT2D eigenvalue weighted by Gasteiger charge is -2.09. The standard InChI is InChI=1S/C14H12ClN3/c15-13-4-2-1-3-11(13)9-18-12-6-5-10(8-16)14(17)7-12/h1-7,18H,9,17H2. The van der Waals surface area contributed by atoms with E-state index < -0.39 is 0 Å². The van der Waals surface area contributed by atoms with Crippen LogP contribution < -0.4 is 11.1 Å². The number of benzene rings is 2. The second-order valence-corrected chi connectivity index (χ2v) is 4.27. The number of nitrogens with one attached hydrogen (secondary N) is 1. The molecule has 3 N–H and O–H groups in total. The maximum atomic E-state index is 8.79. The van der Waals surface area contributed by atoms with Crippen LogP contribution in [0.15, 0.2) is 42.5 Å². The number of nitrogens with zero attached hydrogens (tertiary/aromatic N) is 1. The van der Waals surface area contributed by atoms with Crippen LogP contribution in [0.5, 0.6) is 0 Å². The van der Waals surface area contributed by atoms with Gasteiger partial charge in [0, 0.05) is 17.3 Å².